The van der Waals surface area contributed by atoms with Crippen molar-refractivity contribution in [3.8, 4) is 0 Å². The second-order valence-corrected chi connectivity index (χ2v) is 3.52. The van der Waals surface area contributed by atoms with Crippen molar-refractivity contribution in [1.29, 1.82) is 0 Å². The predicted molar refractivity (Wildman–Crippen MR) is 54.5 cm³/mol. The highest BCUT2D eigenvalue weighted by molar-refractivity contribution is 7.80. The van der Waals surface area contributed by atoms with E-state index >= 15 is 0 Å². The average Bonchev–Trinajstić information content (AvgIpc) is 2.58. The quantitative estimate of drug-likeness (QED) is 0.551. The molecule has 0 radical (unpaired) electrons. The van der Waals surface area contributed by atoms with Crippen molar-refractivity contribution in [2.45, 2.75) is 18.9 Å². The molecule has 2 aromatic rings. The van der Waals surface area contributed by atoms with Crippen LogP contribution in [0.4, 0.5) is 0 Å². The molecule has 0 aromatic carbocycles. The third-order valence-electron chi connectivity index (χ3n) is 2.13. The molecule has 0 amide bonds. The van der Waals surface area contributed by atoms with Gasteiger partial charge in [0, 0.05) is 11.3 Å². The van der Waals surface area contributed by atoms with Crippen LogP contribution in [-0.2, 0) is 0 Å². The maximum absolute atomic E-state index is 10.7. The van der Waals surface area contributed by atoms with Crippen LogP contribution in [0.15, 0.2) is 5.03 Å². The van der Waals surface area contributed by atoms with Gasteiger partial charge in [0.2, 0.25) is 0 Å². The second kappa shape index (κ2) is 3.20. The molecule has 0 saturated heterocycles. The van der Waals surface area contributed by atoms with Crippen LogP contribution >= 0.6 is 12.6 Å². The molecule has 0 bridgehead atoms. The largest absolute Gasteiger partial charge is 0.475 e. The predicted octanol–water partition coefficient (Wildman–Crippen LogP) is 0.728. The molecule has 0 spiro atoms. The highest BCUT2D eigenvalue weighted by Gasteiger charge is 2.15. The number of aromatic carboxylic acids is 1. The van der Waals surface area contributed by atoms with Gasteiger partial charge in [-0.2, -0.15) is 9.50 Å². The van der Waals surface area contributed by atoms with Crippen LogP contribution in [0.2, 0.25) is 0 Å². The second-order valence-electron chi connectivity index (χ2n) is 3.10. The third kappa shape index (κ3) is 1.44. The fourth-order valence-electron chi connectivity index (χ4n) is 1.16. The molecule has 0 atom stereocenters. The Morgan fingerprint density at radius 3 is 2.67 bits per heavy atom. The van der Waals surface area contributed by atoms with E-state index in [2.05, 4.69) is 27.7 Å². The molecule has 78 valence electrons. The first-order valence-electron chi connectivity index (χ1n) is 4.17. The molecular weight excluding hydrogens is 216 g/mol. The standard InChI is InChI=1S/C8H8N4O2S/c1-3-4(2)9-8-10-5(7(13)14)11-12(8)6(3)15/h15H,1-2H3,(H,13,14). The van der Waals surface area contributed by atoms with E-state index in [-0.39, 0.29) is 11.6 Å². The fraction of sp³-hybridized carbons (Fsp3) is 0.250. The first kappa shape index (κ1) is 9.91. The van der Waals surface area contributed by atoms with Crippen molar-refractivity contribution >= 4 is 24.4 Å². The van der Waals surface area contributed by atoms with Crippen molar-refractivity contribution in [3.05, 3.63) is 17.1 Å². The Hall–Kier alpha value is -1.63. The summed E-state index contributed by atoms with van der Waals surface area (Å²) in [6, 6.07) is 0. The maximum Gasteiger partial charge on any atom is 0.375 e. The molecule has 2 rings (SSSR count). The Labute approximate surface area is 90.4 Å². The summed E-state index contributed by atoms with van der Waals surface area (Å²) in [7, 11) is 0. The number of hydrogen-bond donors (Lipinski definition) is 2. The average molecular weight is 224 g/mol. The summed E-state index contributed by atoms with van der Waals surface area (Å²) in [4.78, 5) is 18.5. The number of nitrogens with zero attached hydrogens (tertiary/aromatic N) is 4. The molecule has 0 aliphatic rings. The third-order valence-corrected chi connectivity index (χ3v) is 2.65. The van der Waals surface area contributed by atoms with Gasteiger partial charge in [-0.05, 0) is 13.8 Å². The molecule has 0 fully saturated rings. The van der Waals surface area contributed by atoms with E-state index in [9.17, 15) is 4.79 Å². The molecule has 7 heteroatoms. The molecule has 0 aliphatic heterocycles. The maximum atomic E-state index is 10.7. The Balaban J connectivity index is 2.82. The van der Waals surface area contributed by atoms with Gasteiger partial charge in [-0.1, -0.05) is 0 Å². The summed E-state index contributed by atoms with van der Waals surface area (Å²) >= 11 is 4.24. The van der Waals surface area contributed by atoms with Gasteiger partial charge in [0.1, 0.15) is 5.03 Å². The number of carboxylic acids is 1. The number of thiol groups is 1. The number of carboxylic acid groups (broad SMARTS) is 1. The van der Waals surface area contributed by atoms with Gasteiger partial charge >= 0.3 is 5.97 Å². The lowest BCUT2D eigenvalue weighted by Gasteiger charge is -2.03. The summed E-state index contributed by atoms with van der Waals surface area (Å²) in [5.74, 6) is -1.20. The van der Waals surface area contributed by atoms with Crippen molar-refractivity contribution in [3.63, 3.8) is 0 Å². The van der Waals surface area contributed by atoms with Crippen molar-refractivity contribution < 1.29 is 9.90 Å². The fourth-order valence-corrected chi connectivity index (χ4v) is 1.46. The molecule has 15 heavy (non-hydrogen) atoms. The van der Waals surface area contributed by atoms with Crippen LogP contribution < -0.4 is 0 Å². The highest BCUT2D eigenvalue weighted by atomic mass is 32.1. The summed E-state index contributed by atoms with van der Waals surface area (Å²) < 4.78 is 1.31. The van der Waals surface area contributed by atoms with Gasteiger partial charge < -0.3 is 5.11 Å². The number of aryl methyl sites for hydroxylation is 1. The number of carbonyl (C=O) groups is 1. The van der Waals surface area contributed by atoms with E-state index in [1.807, 2.05) is 13.8 Å². The lowest BCUT2D eigenvalue weighted by atomic mass is 10.3. The molecule has 2 aromatic heterocycles. The van der Waals surface area contributed by atoms with E-state index in [1.54, 1.807) is 0 Å². The van der Waals surface area contributed by atoms with E-state index in [4.69, 9.17) is 5.11 Å². The summed E-state index contributed by atoms with van der Waals surface area (Å²) in [5.41, 5.74) is 1.62. The first-order chi connectivity index (χ1) is 7.00. The molecule has 2 heterocycles. The molecule has 0 saturated carbocycles. The molecule has 1 N–H and O–H groups in total. The van der Waals surface area contributed by atoms with Crippen molar-refractivity contribution in [2.24, 2.45) is 0 Å². The molecule has 0 unspecified atom stereocenters. The zero-order chi connectivity index (χ0) is 11.2. The zero-order valence-corrected chi connectivity index (χ0v) is 8.99. The zero-order valence-electron chi connectivity index (χ0n) is 8.09. The van der Waals surface area contributed by atoms with Crippen LogP contribution in [0.5, 0.6) is 0 Å². The van der Waals surface area contributed by atoms with E-state index in [0.717, 1.165) is 11.3 Å². The molecule has 0 aliphatic carbocycles. The molecular formula is C8H8N4O2S. The number of hydrogen-bond acceptors (Lipinski definition) is 5. The van der Waals surface area contributed by atoms with E-state index in [1.165, 1.54) is 4.52 Å². The number of fused-ring (bicyclic) bond motifs is 1. The Kier molecular flexibility index (Phi) is 2.11. The Morgan fingerprint density at radius 1 is 1.40 bits per heavy atom. The van der Waals surface area contributed by atoms with Crippen LogP contribution in [0, 0.1) is 13.8 Å². The Morgan fingerprint density at radius 2 is 2.07 bits per heavy atom. The Bertz CT molecular complexity index is 563. The topological polar surface area (TPSA) is 80.4 Å². The summed E-state index contributed by atoms with van der Waals surface area (Å²) in [5, 5.41) is 13.1. The lowest BCUT2D eigenvalue weighted by Crippen LogP contribution is -2.01. The van der Waals surface area contributed by atoms with Crippen molar-refractivity contribution in [1.82, 2.24) is 19.6 Å². The minimum absolute atomic E-state index is 0.250. The van der Waals surface area contributed by atoms with Gasteiger partial charge in [-0.15, -0.1) is 17.7 Å². The monoisotopic (exact) mass is 224 g/mol. The van der Waals surface area contributed by atoms with Gasteiger partial charge in [-0.3, -0.25) is 0 Å². The summed E-state index contributed by atoms with van der Waals surface area (Å²) in [6.45, 7) is 3.65. The lowest BCUT2D eigenvalue weighted by molar-refractivity contribution is 0.0683. The van der Waals surface area contributed by atoms with Gasteiger partial charge in [0.25, 0.3) is 11.6 Å². The SMILES string of the molecule is Cc1nc2nc(C(=O)O)nn2c(S)c1C. The number of aromatic nitrogens is 4. The van der Waals surface area contributed by atoms with Crippen LogP contribution in [0.1, 0.15) is 21.9 Å². The van der Waals surface area contributed by atoms with Gasteiger partial charge in [-0.25, -0.2) is 9.78 Å². The van der Waals surface area contributed by atoms with Crippen LogP contribution in [0.3, 0.4) is 0 Å². The normalized spacial score (nSPS) is 10.9. The summed E-state index contributed by atoms with van der Waals surface area (Å²) in [6.07, 6.45) is 0. The first-order valence-corrected chi connectivity index (χ1v) is 4.61. The van der Waals surface area contributed by atoms with Gasteiger partial charge in [0.15, 0.2) is 0 Å². The van der Waals surface area contributed by atoms with Crippen molar-refractivity contribution in [2.75, 3.05) is 0 Å². The smallest absolute Gasteiger partial charge is 0.375 e. The minimum Gasteiger partial charge on any atom is -0.475 e. The van der Waals surface area contributed by atoms with Crippen LogP contribution in [-0.4, -0.2) is 30.7 Å². The van der Waals surface area contributed by atoms with Gasteiger partial charge in [0.05, 0.1) is 0 Å². The minimum atomic E-state index is -1.18. The molecule has 6 nitrogen and oxygen atoms in total. The van der Waals surface area contributed by atoms with E-state index < -0.39 is 5.97 Å². The van der Waals surface area contributed by atoms with E-state index in [0.29, 0.717) is 5.03 Å². The number of rotatable bonds is 1. The van der Waals surface area contributed by atoms with Crippen LogP contribution in [0.25, 0.3) is 5.78 Å². The highest BCUT2D eigenvalue weighted by Crippen LogP contribution is 2.16.